The first-order valence-corrected chi connectivity index (χ1v) is 4.01. The predicted molar refractivity (Wildman–Crippen MR) is 42.1 cm³/mol. The van der Waals surface area contributed by atoms with E-state index in [4.69, 9.17) is 21.1 Å². The second-order valence-electron chi connectivity index (χ2n) is 3.00. The van der Waals surface area contributed by atoms with Gasteiger partial charge in [0.1, 0.15) is 12.7 Å². The van der Waals surface area contributed by atoms with Crippen LogP contribution in [0, 0.1) is 0 Å². The maximum atomic E-state index is 10.2. The Morgan fingerprint density at radius 2 is 2.42 bits per heavy atom. The Bertz CT molecular complexity index is 180. The van der Waals surface area contributed by atoms with Crippen molar-refractivity contribution < 1.29 is 19.0 Å². The van der Waals surface area contributed by atoms with E-state index < -0.39 is 11.2 Å². The van der Waals surface area contributed by atoms with Crippen molar-refractivity contribution in [2.45, 2.75) is 25.7 Å². The van der Waals surface area contributed by atoms with E-state index in [0.717, 1.165) is 0 Å². The molecule has 1 aliphatic heterocycles. The molecule has 0 saturated carbocycles. The number of hydrogen-bond donors (Lipinski definition) is 0. The van der Waals surface area contributed by atoms with Gasteiger partial charge in [-0.15, -0.1) is 0 Å². The predicted octanol–water partition coefficient (Wildman–Crippen LogP) is 1.51. The standard InChI is InChI=1S/C7H11ClO4/c1-7(2)11-4-5(12-7)3-10-6(8)9/h5H,3-4H2,1-2H3/t5-/m0/s1. The van der Waals surface area contributed by atoms with Crippen molar-refractivity contribution in [1.29, 1.82) is 0 Å². The molecular formula is C7H11ClO4. The lowest BCUT2D eigenvalue weighted by molar-refractivity contribution is -0.142. The quantitative estimate of drug-likeness (QED) is 0.626. The lowest BCUT2D eigenvalue weighted by Crippen LogP contribution is -2.24. The second-order valence-corrected chi connectivity index (χ2v) is 3.31. The van der Waals surface area contributed by atoms with Crippen LogP contribution in [0.3, 0.4) is 0 Å². The highest BCUT2D eigenvalue weighted by Crippen LogP contribution is 2.22. The van der Waals surface area contributed by atoms with E-state index in [-0.39, 0.29) is 12.7 Å². The maximum absolute atomic E-state index is 10.2. The molecule has 1 fully saturated rings. The van der Waals surface area contributed by atoms with E-state index in [1.807, 2.05) is 0 Å². The minimum absolute atomic E-state index is 0.145. The second kappa shape index (κ2) is 3.60. The van der Waals surface area contributed by atoms with Crippen LogP contribution in [0.15, 0.2) is 0 Å². The Morgan fingerprint density at radius 1 is 1.75 bits per heavy atom. The van der Waals surface area contributed by atoms with Crippen LogP contribution >= 0.6 is 11.6 Å². The lowest BCUT2D eigenvalue weighted by Gasteiger charge is -2.16. The minimum Gasteiger partial charge on any atom is -0.451 e. The number of halogens is 1. The van der Waals surface area contributed by atoms with Gasteiger partial charge in [-0.05, 0) is 13.8 Å². The fourth-order valence-electron chi connectivity index (χ4n) is 1.00. The van der Waals surface area contributed by atoms with Gasteiger partial charge in [-0.2, -0.15) is 0 Å². The molecule has 12 heavy (non-hydrogen) atoms. The molecule has 0 amide bonds. The van der Waals surface area contributed by atoms with Gasteiger partial charge in [0.25, 0.3) is 0 Å². The summed E-state index contributed by atoms with van der Waals surface area (Å²) >= 11 is 4.97. The largest absolute Gasteiger partial charge is 0.451 e. The SMILES string of the molecule is CC1(C)OC[C@H](COC(=O)Cl)O1. The third kappa shape index (κ3) is 2.97. The van der Waals surface area contributed by atoms with Gasteiger partial charge in [0.2, 0.25) is 0 Å². The van der Waals surface area contributed by atoms with Gasteiger partial charge < -0.3 is 14.2 Å². The van der Waals surface area contributed by atoms with Crippen molar-refractivity contribution in [3.63, 3.8) is 0 Å². The molecule has 1 aliphatic rings. The zero-order valence-corrected chi connectivity index (χ0v) is 7.76. The molecule has 1 rings (SSSR count). The van der Waals surface area contributed by atoms with Crippen LogP contribution in [0.1, 0.15) is 13.8 Å². The Hall–Kier alpha value is -0.320. The van der Waals surface area contributed by atoms with E-state index in [9.17, 15) is 4.79 Å². The first kappa shape index (κ1) is 9.77. The highest BCUT2D eigenvalue weighted by atomic mass is 35.5. The third-order valence-electron chi connectivity index (χ3n) is 1.45. The number of carbonyl (C=O) groups excluding carboxylic acids is 1. The number of carbonyl (C=O) groups is 1. The van der Waals surface area contributed by atoms with Gasteiger partial charge in [-0.1, -0.05) is 0 Å². The Labute approximate surface area is 75.7 Å². The Morgan fingerprint density at radius 3 is 2.83 bits per heavy atom. The zero-order valence-electron chi connectivity index (χ0n) is 7.00. The van der Waals surface area contributed by atoms with E-state index in [1.165, 1.54) is 0 Å². The smallest absolute Gasteiger partial charge is 0.403 e. The molecule has 1 saturated heterocycles. The van der Waals surface area contributed by atoms with Crippen LogP contribution < -0.4 is 0 Å². The van der Waals surface area contributed by atoms with E-state index in [2.05, 4.69) is 4.74 Å². The van der Waals surface area contributed by atoms with E-state index in [0.29, 0.717) is 6.61 Å². The van der Waals surface area contributed by atoms with Crippen molar-refractivity contribution in [1.82, 2.24) is 0 Å². The van der Waals surface area contributed by atoms with Crippen LogP contribution in [0.25, 0.3) is 0 Å². The highest BCUT2D eigenvalue weighted by Gasteiger charge is 2.33. The maximum Gasteiger partial charge on any atom is 0.403 e. The fourth-order valence-corrected chi connectivity index (χ4v) is 1.07. The van der Waals surface area contributed by atoms with Crippen molar-refractivity contribution in [3.8, 4) is 0 Å². The molecule has 4 nitrogen and oxygen atoms in total. The normalized spacial score (nSPS) is 27.1. The molecule has 0 unspecified atom stereocenters. The average molecular weight is 195 g/mol. The molecule has 0 spiro atoms. The molecule has 0 radical (unpaired) electrons. The van der Waals surface area contributed by atoms with Gasteiger partial charge >= 0.3 is 5.43 Å². The number of hydrogen-bond acceptors (Lipinski definition) is 4. The van der Waals surface area contributed by atoms with E-state index in [1.54, 1.807) is 13.8 Å². The topological polar surface area (TPSA) is 44.8 Å². The van der Waals surface area contributed by atoms with Crippen molar-refractivity contribution >= 4 is 17.0 Å². The van der Waals surface area contributed by atoms with Crippen LogP contribution in [-0.4, -0.2) is 30.5 Å². The molecule has 5 heteroatoms. The summed E-state index contributed by atoms with van der Waals surface area (Å²) in [6, 6.07) is 0. The van der Waals surface area contributed by atoms with Crippen molar-refractivity contribution in [2.75, 3.05) is 13.2 Å². The van der Waals surface area contributed by atoms with Gasteiger partial charge in [-0.25, -0.2) is 4.79 Å². The molecule has 0 N–H and O–H groups in total. The summed E-state index contributed by atoms with van der Waals surface area (Å²) in [7, 11) is 0. The monoisotopic (exact) mass is 194 g/mol. The summed E-state index contributed by atoms with van der Waals surface area (Å²) in [6.45, 7) is 4.17. The molecule has 0 aromatic carbocycles. The van der Waals surface area contributed by atoms with Gasteiger partial charge in [0, 0.05) is 11.6 Å². The summed E-state index contributed by atoms with van der Waals surface area (Å²) in [4.78, 5) is 10.2. The summed E-state index contributed by atoms with van der Waals surface area (Å²) in [5, 5.41) is 0. The molecule has 0 aromatic rings. The van der Waals surface area contributed by atoms with Gasteiger partial charge in [-0.3, -0.25) is 0 Å². The van der Waals surface area contributed by atoms with Crippen LogP contribution in [0.5, 0.6) is 0 Å². The van der Waals surface area contributed by atoms with Crippen LogP contribution in [0.4, 0.5) is 4.79 Å². The number of ether oxygens (including phenoxy) is 3. The molecule has 0 aliphatic carbocycles. The molecule has 1 heterocycles. The van der Waals surface area contributed by atoms with Gasteiger partial charge in [0.05, 0.1) is 6.61 Å². The highest BCUT2D eigenvalue weighted by molar-refractivity contribution is 6.61. The summed E-state index contributed by atoms with van der Waals surface area (Å²) in [5.41, 5.74) is -0.816. The van der Waals surface area contributed by atoms with E-state index >= 15 is 0 Å². The summed E-state index contributed by atoms with van der Waals surface area (Å²) < 4.78 is 15.1. The molecule has 1 atom stereocenters. The lowest BCUT2D eigenvalue weighted by atomic mass is 10.4. The van der Waals surface area contributed by atoms with Crippen LogP contribution in [0.2, 0.25) is 0 Å². The zero-order chi connectivity index (χ0) is 9.19. The molecule has 70 valence electrons. The first-order valence-electron chi connectivity index (χ1n) is 3.64. The van der Waals surface area contributed by atoms with Gasteiger partial charge in [0.15, 0.2) is 5.79 Å². The summed E-state index contributed by atoms with van der Waals surface area (Å²) in [6.07, 6.45) is -0.206. The Kier molecular flexibility index (Phi) is 2.93. The molecule has 0 bridgehead atoms. The molecule has 0 aromatic heterocycles. The molecular weight excluding hydrogens is 184 g/mol. The number of rotatable bonds is 2. The summed E-state index contributed by atoms with van der Waals surface area (Å²) in [5.74, 6) is -0.580. The fraction of sp³-hybridized carbons (Fsp3) is 0.857. The first-order chi connectivity index (χ1) is 5.49. The van der Waals surface area contributed by atoms with Crippen molar-refractivity contribution in [2.24, 2.45) is 0 Å². The minimum atomic E-state index is -0.816. The average Bonchev–Trinajstić information content (AvgIpc) is 2.26. The Balaban J connectivity index is 2.24. The third-order valence-corrected chi connectivity index (χ3v) is 1.56. The van der Waals surface area contributed by atoms with Crippen molar-refractivity contribution in [3.05, 3.63) is 0 Å². The van der Waals surface area contributed by atoms with Crippen LogP contribution in [-0.2, 0) is 14.2 Å².